The molecule has 0 fully saturated rings. The van der Waals surface area contributed by atoms with Crippen molar-refractivity contribution in [2.75, 3.05) is 13.6 Å². The SMILES string of the molecule is CC(CN)N(C)C(=O)c1cnn(-c2ccc(Br)cc2)c1. The van der Waals surface area contributed by atoms with Gasteiger partial charge in [-0.2, -0.15) is 5.10 Å². The number of nitrogens with zero attached hydrogens (tertiary/aromatic N) is 3. The molecule has 1 atom stereocenters. The number of nitrogens with two attached hydrogens (primary N) is 1. The van der Waals surface area contributed by atoms with Gasteiger partial charge in [-0.3, -0.25) is 4.79 Å². The van der Waals surface area contributed by atoms with Gasteiger partial charge in [0.15, 0.2) is 0 Å². The lowest BCUT2D eigenvalue weighted by atomic mass is 10.2. The second-order valence-corrected chi connectivity index (χ2v) is 5.57. The van der Waals surface area contributed by atoms with E-state index in [9.17, 15) is 4.79 Å². The topological polar surface area (TPSA) is 64.2 Å². The molecule has 0 aliphatic heterocycles. The fourth-order valence-corrected chi connectivity index (χ4v) is 1.99. The van der Waals surface area contributed by atoms with Gasteiger partial charge >= 0.3 is 0 Å². The Kier molecular flexibility index (Phi) is 4.57. The van der Waals surface area contributed by atoms with Crippen molar-refractivity contribution in [1.82, 2.24) is 14.7 Å². The van der Waals surface area contributed by atoms with Crippen LogP contribution in [0.3, 0.4) is 0 Å². The molecule has 0 bridgehead atoms. The Labute approximate surface area is 126 Å². The van der Waals surface area contributed by atoms with Gasteiger partial charge < -0.3 is 10.6 Å². The molecule has 2 rings (SSSR count). The molecule has 0 saturated heterocycles. The molecule has 0 radical (unpaired) electrons. The Hall–Kier alpha value is -1.66. The van der Waals surface area contributed by atoms with Gasteiger partial charge in [-0.15, -0.1) is 0 Å². The van der Waals surface area contributed by atoms with E-state index in [0.717, 1.165) is 10.2 Å². The van der Waals surface area contributed by atoms with Crippen LogP contribution >= 0.6 is 15.9 Å². The first kappa shape index (κ1) is 14.7. The number of hydrogen-bond acceptors (Lipinski definition) is 3. The molecule has 106 valence electrons. The predicted molar refractivity (Wildman–Crippen MR) is 81.9 cm³/mol. The standard InChI is InChI=1S/C14H17BrN4O/c1-10(7-16)18(2)14(20)11-8-17-19(9-11)13-5-3-12(15)4-6-13/h3-6,8-10H,7,16H2,1-2H3. The first-order valence-corrected chi connectivity index (χ1v) is 7.10. The largest absolute Gasteiger partial charge is 0.338 e. The van der Waals surface area contributed by atoms with Crippen LogP contribution < -0.4 is 5.73 Å². The van der Waals surface area contributed by atoms with Gasteiger partial charge in [0.2, 0.25) is 0 Å². The summed E-state index contributed by atoms with van der Waals surface area (Å²) in [5, 5.41) is 4.23. The van der Waals surface area contributed by atoms with Gasteiger partial charge in [-0.1, -0.05) is 15.9 Å². The van der Waals surface area contributed by atoms with Crippen molar-refractivity contribution in [3.63, 3.8) is 0 Å². The average Bonchev–Trinajstić information content (AvgIpc) is 2.95. The quantitative estimate of drug-likeness (QED) is 0.929. The van der Waals surface area contributed by atoms with E-state index in [2.05, 4.69) is 21.0 Å². The highest BCUT2D eigenvalue weighted by Gasteiger charge is 2.18. The van der Waals surface area contributed by atoms with E-state index < -0.39 is 0 Å². The zero-order valence-electron chi connectivity index (χ0n) is 11.5. The maximum atomic E-state index is 12.3. The molecular weight excluding hydrogens is 320 g/mol. The Morgan fingerprint density at radius 2 is 2.10 bits per heavy atom. The average molecular weight is 337 g/mol. The Morgan fingerprint density at radius 3 is 2.70 bits per heavy atom. The third-order valence-corrected chi connectivity index (χ3v) is 3.77. The van der Waals surface area contributed by atoms with Gasteiger partial charge in [0.25, 0.3) is 5.91 Å². The molecule has 0 spiro atoms. The predicted octanol–water partition coefficient (Wildman–Crippen LogP) is 2.05. The van der Waals surface area contributed by atoms with Crippen molar-refractivity contribution in [3.8, 4) is 5.69 Å². The third-order valence-electron chi connectivity index (χ3n) is 3.24. The van der Waals surface area contributed by atoms with Gasteiger partial charge in [0.1, 0.15) is 0 Å². The van der Waals surface area contributed by atoms with Gasteiger partial charge in [-0.05, 0) is 31.2 Å². The molecule has 0 saturated carbocycles. The van der Waals surface area contributed by atoms with Crippen molar-refractivity contribution < 1.29 is 4.79 Å². The molecule has 1 heterocycles. The van der Waals surface area contributed by atoms with Crippen LogP contribution in [0, 0.1) is 0 Å². The van der Waals surface area contributed by atoms with Crippen molar-refractivity contribution in [2.24, 2.45) is 5.73 Å². The van der Waals surface area contributed by atoms with E-state index in [0.29, 0.717) is 12.1 Å². The molecule has 20 heavy (non-hydrogen) atoms. The highest BCUT2D eigenvalue weighted by Crippen LogP contribution is 2.14. The summed E-state index contributed by atoms with van der Waals surface area (Å²) in [6.45, 7) is 2.35. The van der Waals surface area contributed by atoms with Crippen molar-refractivity contribution in [1.29, 1.82) is 0 Å². The highest BCUT2D eigenvalue weighted by molar-refractivity contribution is 9.10. The number of amides is 1. The lowest BCUT2D eigenvalue weighted by Crippen LogP contribution is -2.39. The number of carbonyl (C=O) groups is 1. The van der Waals surface area contributed by atoms with Crippen LogP contribution in [0.25, 0.3) is 5.69 Å². The van der Waals surface area contributed by atoms with Crippen LogP contribution in [0.15, 0.2) is 41.1 Å². The molecule has 2 N–H and O–H groups in total. The minimum atomic E-state index is -0.0775. The minimum Gasteiger partial charge on any atom is -0.338 e. The molecular formula is C14H17BrN4O. The van der Waals surface area contributed by atoms with Gasteiger partial charge in [-0.25, -0.2) is 4.68 Å². The summed E-state index contributed by atoms with van der Waals surface area (Å²) in [6, 6.07) is 7.72. The van der Waals surface area contributed by atoms with Crippen LogP contribution in [0.4, 0.5) is 0 Å². The van der Waals surface area contributed by atoms with E-state index in [4.69, 9.17) is 5.73 Å². The summed E-state index contributed by atoms with van der Waals surface area (Å²) < 4.78 is 2.68. The van der Waals surface area contributed by atoms with E-state index in [-0.39, 0.29) is 11.9 Å². The smallest absolute Gasteiger partial charge is 0.257 e. The lowest BCUT2D eigenvalue weighted by Gasteiger charge is -2.22. The van der Waals surface area contributed by atoms with Crippen LogP contribution in [-0.2, 0) is 0 Å². The molecule has 1 unspecified atom stereocenters. The third kappa shape index (κ3) is 3.08. The lowest BCUT2D eigenvalue weighted by molar-refractivity contribution is 0.0748. The molecule has 0 aliphatic carbocycles. The summed E-state index contributed by atoms with van der Waals surface area (Å²) in [4.78, 5) is 13.9. The molecule has 2 aromatic rings. The monoisotopic (exact) mass is 336 g/mol. The van der Waals surface area contributed by atoms with Gasteiger partial charge in [0.05, 0.1) is 17.4 Å². The van der Waals surface area contributed by atoms with Gasteiger partial charge in [0, 0.05) is 30.3 Å². The fraction of sp³-hybridized carbons (Fsp3) is 0.286. The number of rotatable bonds is 4. The summed E-state index contributed by atoms with van der Waals surface area (Å²) in [6.07, 6.45) is 3.30. The molecule has 0 aliphatic rings. The number of carbonyl (C=O) groups excluding carboxylic acids is 1. The fourth-order valence-electron chi connectivity index (χ4n) is 1.73. The zero-order chi connectivity index (χ0) is 14.7. The van der Waals surface area contributed by atoms with Crippen LogP contribution in [0.2, 0.25) is 0 Å². The summed E-state index contributed by atoms with van der Waals surface area (Å²) >= 11 is 3.39. The first-order chi connectivity index (χ1) is 9.52. The summed E-state index contributed by atoms with van der Waals surface area (Å²) in [7, 11) is 1.75. The number of likely N-dealkylation sites (N-methyl/N-ethyl adjacent to an activating group) is 1. The summed E-state index contributed by atoms with van der Waals surface area (Å²) in [5.74, 6) is -0.0775. The Morgan fingerprint density at radius 1 is 1.45 bits per heavy atom. The Bertz CT molecular complexity index is 593. The van der Waals surface area contributed by atoms with E-state index in [1.54, 1.807) is 29.0 Å². The van der Waals surface area contributed by atoms with E-state index >= 15 is 0 Å². The zero-order valence-corrected chi connectivity index (χ0v) is 13.0. The molecule has 5 nitrogen and oxygen atoms in total. The second kappa shape index (κ2) is 6.19. The normalized spacial score (nSPS) is 12.2. The number of halogens is 1. The van der Waals surface area contributed by atoms with E-state index in [1.807, 2.05) is 31.2 Å². The molecule has 6 heteroatoms. The van der Waals surface area contributed by atoms with E-state index in [1.165, 1.54) is 0 Å². The second-order valence-electron chi connectivity index (χ2n) is 4.65. The Balaban J connectivity index is 2.20. The first-order valence-electron chi connectivity index (χ1n) is 6.30. The maximum absolute atomic E-state index is 12.3. The number of aromatic nitrogens is 2. The highest BCUT2D eigenvalue weighted by atomic mass is 79.9. The van der Waals surface area contributed by atoms with Crippen molar-refractivity contribution in [3.05, 3.63) is 46.7 Å². The summed E-state index contributed by atoms with van der Waals surface area (Å²) in [5.41, 5.74) is 7.04. The number of hydrogen-bond donors (Lipinski definition) is 1. The molecule has 1 aromatic carbocycles. The molecule has 1 aromatic heterocycles. The van der Waals surface area contributed by atoms with Crippen molar-refractivity contribution >= 4 is 21.8 Å². The van der Waals surface area contributed by atoms with Crippen molar-refractivity contribution in [2.45, 2.75) is 13.0 Å². The minimum absolute atomic E-state index is 0.00136. The van der Waals surface area contributed by atoms with Crippen LogP contribution in [0.5, 0.6) is 0 Å². The number of benzene rings is 1. The van der Waals surface area contributed by atoms with Crippen LogP contribution in [0.1, 0.15) is 17.3 Å². The van der Waals surface area contributed by atoms with Crippen LogP contribution in [-0.4, -0.2) is 40.2 Å². The molecule has 1 amide bonds. The maximum Gasteiger partial charge on any atom is 0.257 e.